The fourth-order valence-electron chi connectivity index (χ4n) is 4.38. The number of rotatable bonds is 5. The minimum absolute atomic E-state index is 0.00203. The Balaban J connectivity index is 1.34. The van der Waals surface area contributed by atoms with Crippen molar-refractivity contribution in [3.05, 3.63) is 42.5 Å². The van der Waals surface area contributed by atoms with E-state index in [-0.39, 0.29) is 29.8 Å². The van der Waals surface area contributed by atoms with Crippen LogP contribution in [0.15, 0.2) is 47.4 Å². The second kappa shape index (κ2) is 7.22. The molecule has 1 amide bonds. The van der Waals surface area contributed by atoms with Crippen molar-refractivity contribution < 1.29 is 13.2 Å². The summed E-state index contributed by atoms with van der Waals surface area (Å²) in [5, 5.41) is 1.86. The summed E-state index contributed by atoms with van der Waals surface area (Å²) >= 11 is 0. The maximum absolute atomic E-state index is 12.5. The van der Waals surface area contributed by atoms with Crippen molar-refractivity contribution in [3.8, 4) is 0 Å². The number of benzene rings is 2. The third-order valence-corrected chi connectivity index (χ3v) is 7.39. The van der Waals surface area contributed by atoms with Crippen LogP contribution in [0.3, 0.4) is 0 Å². The van der Waals surface area contributed by atoms with Crippen molar-refractivity contribution in [2.24, 2.45) is 17.6 Å². The van der Waals surface area contributed by atoms with Gasteiger partial charge in [-0.3, -0.25) is 4.79 Å². The van der Waals surface area contributed by atoms with Gasteiger partial charge in [0.1, 0.15) is 0 Å². The molecule has 6 nitrogen and oxygen atoms in total. The summed E-state index contributed by atoms with van der Waals surface area (Å²) in [5.74, 6) is 0.916. The van der Waals surface area contributed by atoms with Gasteiger partial charge in [0.15, 0.2) is 0 Å². The van der Waals surface area contributed by atoms with E-state index in [1.54, 1.807) is 18.2 Å². The highest BCUT2D eigenvalue weighted by atomic mass is 32.2. The topological polar surface area (TPSA) is 92.5 Å². The molecule has 2 fully saturated rings. The second-order valence-electron chi connectivity index (χ2n) is 7.62. The van der Waals surface area contributed by atoms with Gasteiger partial charge in [-0.05, 0) is 47.6 Å². The maximum Gasteiger partial charge on any atom is 0.240 e. The van der Waals surface area contributed by atoms with Gasteiger partial charge in [0.25, 0.3) is 0 Å². The van der Waals surface area contributed by atoms with E-state index in [0.717, 1.165) is 30.2 Å². The Bertz CT molecular complexity index is 960. The van der Waals surface area contributed by atoms with Crippen LogP contribution < -0.4 is 10.5 Å². The zero-order valence-electron chi connectivity index (χ0n) is 15.2. The summed E-state index contributed by atoms with van der Waals surface area (Å²) < 4.78 is 27.6. The van der Waals surface area contributed by atoms with Crippen LogP contribution >= 0.6 is 0 Å². The van der Waals surface area contributed by atoms with Gasteiger partial charge < -0.3 is 10.6 Å². The van der Waals surface area contributed by atoms with E-state index in [9.17, 15) is 13.2 Å². The van der Waals surface area contributed by atoms with Crippen molar-refractivity contribution >= 4 is 26.7 Å². The number of sulfonamides is 1. The SMILES string of the molecule is NC1CCC2CN(C(=O)CCNS(=O)(=O)c3ccc4ccccc4c3)CC12. The molecule has 4 rings (SSSR count). The quantitative estimate of drug-likeness (QED) is 0.817. The molecule has 3 unspecified atom stereocenters. The Morgan fingerprint density at radius 2 is 1.89 bits per heavy atom. The normalized spacial score (nSPS) is 25.1. The third kappa shape index (κ3) is 3.72. The number of likely N-dealkylation sites (tertiary alicyclic amines) is 1. The van der Waals surface area contributed by atoms with E-state index in [4.69, 9.17) is 5.73 Å². The van der Waals surface area contributed by atoms with Crippen LogP contribution in [0, 0.1) is 11.8 Å². The van der Waals surface area contributed by atoms with Crippen molar-refractivity contribution in [2.75, 3.05) is 19.6 Å². The summed E-state index contributed by atoms with van der Waals surface area (Å²) in [7, 11) is -3.64. The molecule has 0 aromatic heterocycles. The first-order valence-electron chi connectivity index (χ1n) is 9.46. The highest BCUT2D eigenvalue weighted by molar-refractivity contribution is 7.89. The van der Waals surface area contributed by atoms with Crippen LogP contribution in [-0.2, 0) is 14.8 Å². The smallest absolute Gasteiger partial charge is 0.240 e. The van der Waals surface area contributed by atoms with Crippen LogP contribution in [-0.4, -0.2) is 44.9 Å². The Hall–Kier alpha value is -1.96. The molecule has 27 heavy (non-hydrogen) atoms. The van der Waals surface area contributed by atoms with Crippen molar-refractivity contribution in [2.45, 2.75) is 30.2 Å². The maximum atomic E-state index is 12.5. The van der Waals surface area contributed by atoms with Crippen molar-refractivity contribution in [1.82, 2.24) is 9.62 Å². The molecular weight excluding hydrogens is 362 g/mol. The van der Waals surface area contributed by atoms with E-state index in [1.807, 2.05) is 29.2 Å². The Labute approximate surface area is 159 Å². The molecule has 2 aromatic rings. The number of nitrogens with zero attached hydrogens (tertiary/aromatic N) is 1. The zero-order chi connectivity index (χ0) is 19.0. The fraction of sp³-hybridized carbons (Fsp3) is 0.450. The summed E-state index contributed by atoms with van der Waals surface area (Å²) in [5.41, 5.74) is 6.11. The first-order valence-corrected chi connectivity index (χ1v) is 10.9. The molecule has 0 radical (unpaired) electrons. The lowest BCUT2D eigenvalue weighted by Gasteiger charge is -2.19. The van der Waals surface area contributed by atoms with Crippen LogP contribution in [0.2, 0.25) is 0 Å². The molecule has 3 atom stereocenters. The minimum atomic E-state index is -3.64. The number of amides is 1. The fourth-order valence-corrected chi connectivity index (χ4v) is 5.45. The molecule has 144 valence electrons. The number of carbonyl (C=O) groups is 1. The molecule has 2 aromatic carbocycles. The van der Waals surface area contributed by atoms with E-state index in [1.165, 1.54) is 0 Å². The lowest BCUT2D eigenvalue weighted by molar-refractivity contribution is -0.130. The van der Waals surface area contributed by atoms with Crippen LogP contribution in [0.1, 0.15) is 19.3 Å². The number of carbonyl (C=O) groups excluding carboxylic acids is 1. The van der Waals surface area contributed by atoms with Gasteiger partial charge in [-0.2, -0.15) is 0 Å². The summed E-state index contributed by atoms with van der Waals surface area (Å²) in [6.07, 6.45) is 2.30. The number of nitrogens with two attached hydrogens (primary N) is 1. The van der Waals surface area contributed by atoms with Crippen LogP contribution in [0.25, 0.3) is 10.8 Å². The highest BCUT2D eigenvalue weighted by Gasteiger charge is 2.42. The van der Waals surface area contributed by atoms with Gasteiger partial charge >= 0.3 is 0 Å². The number of hydrogen-bond acceptors (Lipinski definition) is 4. The van der Waals surface area contributed by atoms with E-state index < -0.39 is 10.0 Å². The predicted octanol–water partition coefficient (Wildman–Crippen LogP) is 1.70. The summed E-state index contributed by atoms with van der Waals surface area (Å²) in [6.45, 7) is 1.57. The molecule has 0 bridgehead atoms. The van der Waals surface area contributed by atoms with Gasteiger partial charge in [-0.15, -0.1) is 0 Å². The van der Waals surface area contributed by atoms with Crippen LogP contribution in [0.4, 0.5) is 0 Å². The summed E-state index contributed by atoms with van der Waals surface area (Å²) in [4.78, 5) is 14.5. The van der Waals surface area contributed by atoms with E-state index in [0.29, 0.717) is 18.4 Å². The van der Waals surface area contributed by atoms with Gasteiger partial charge in [-0.1, -0.05) is 30.3 Å². The lowest BCUT2D eigenvalue weighted by atomic mass is 9.98. The predicted molar refractivity (Wildman–Crippen MR) is 105 cm³/mol. The summed E-state index contributed by atoms with van der Waals surface area (Å²) in [6, 6.07) is 12.8. The monoisotopic (exact) mass is 387 g/mol. The second-order valence-corrected chi connectivity index (χ2v) is 9.39. The average Bonchev–Trinajstić information content (AvgIpc) is 3.23. The molecule has 1 aliphatic carbocycles. The van der Waals surface area contributed by atoms with Gasteiger partial charge in [0.05, 0.1) is 4.90 Å². The number of fused-ring (bicyclic) bond motifs is 2. The molecule has 2 aliphatic rings. The zero-order valence-corrected chi connectivity index (χ0v) is 16.0. The minimum Gasteiger partial charge on any atom is -0.342 e. The molecule has 7 heteroatoms. The molecule has 1 aliphatic heterocycles. The Kier molecular flexibility index (Phi) is 4.92. The first-order chi connectivity index (χ1) is 12.9. The number of nitrogens with one attached hydrogen (secondary N) is 1. The van der Waals surface area contributed by atoms with Crippen LogP contribution in [0.5, 0.6) is 0 Å². The first kappa shape index (κ1) is 18.4. The Morgan fingerprint density at radius 3 is 2.67 bits per heavy atom. The van der Waals surface area contributed by atoms with Gasteiger partial charge in [-0.25, -0.2) is 13.1 Å². The molecule has 1 heterocycles. The number of hydrogen-bond donors (Lipinski definition) is 2. The van der Waals surface area contributed by atoms with Gasteiger partial charge in [0.2, 0.25) is 15.9 Å². The molecule has 0 spiro atoms. The molecule has 3 N–H and O–H groups in total. The van der Waals surface area contributed by atoms with Gasteiger partial charge in [0, 0.05) is 32.1 Å². The highest BCUT2D eigenvalue weighted by Crippen LogP contribution is 2.37. The standard InChI is InChI=1S/C20H25N3O3S/c21-19-8-6-16-12-23(13-18(16)19)20(24)9-10-22-27(25,26)17-7-5-14-3-1-2-4-15(14)11-17/h1-5,7,11,16,18-19,22H,6,8-10,12-13,21H2. The van der Waals surface area contributed by atoms with E-state index in [2.05, 4.69) is 4.72 Å². The third-order valence-electron chi connectivity index (χ3n) is 5.93. The van der Waals surface area contributed by atoms with Crippen molar-refractivity contribution in [1.29, 1.82) is 0 Å². The Morgan fingerprint density at radius 1 is 1.11 bits per heavy atom. The largest absolute Gasteiger partial charge is 0.342 e. The van der Waals surface area contributed by atoms with Crippen molar-refractivity contribution in [3.63, 3.8) is 0 Å². The molecule has 1 saturated heterocycles. The molecular formula is C20H25N3O3S. The average molecular weight is 388 g/mol. The lowest BCUT2D eigenvalue weighted by Crippen LogP contribution is -2.35. The van der Waals surface area contributed by atoms with E-state index >= 15 is 0 Å². The molecule has 1 saturated carbocycles.